The number of phenolic OH excluding ortho intramolecular Hbond substituents is 1. The lowest BCUT2D eigenvalue weighted by atomic mass is 10.1. The van der Waals surface area contributed by atoms with Gasteiger partial charge in [0.2, 0.25) is 0 Å². The Hall–Kier alpha value is -1.64. The van der Waals surface area contributed by atoms with Crippen molar-refractivity contribution in [2.45, 2.75) is 6.92 Å². The fraction of sp³-hybridized carbons (Fsp3) is 0.111. The standard InChI is InChI=1S/C9H8O3/c1-6-2-3-7(4-10)9(12)8(6)5-11/h2-5,12H,1H3. The molecule has 0 aliphatic heterocycles. The zero-order valence-corrected chi connectivity index (χ0v) is 6.57. The van der Waals surface area contributed by atoms with E-state index in [0.29, 0.717) is 18.1 Å². The molecule has 1 aromatic rings. The molecule has 12 heavy (non-hydrogen) atoms. The van der Waals surface area contributed by atoms with Gasteiger partial charge >= 0.3 is 0 Å². The summed E-state index contributed by atoms with van der Waals surface area (Å²) in [5, 5.41) is 9.31. The summed E-state index contributed by atoms with van der Waals surface area (Å²) in [5.41, 5.74) is 0.982. The van der Waals surface area contributed by atoms with Crippen LogP contribution in [0.15, 0.2) is 12.1 Å². The summed E-state index contributed by atoms with van der Waals surface area (Å²) in [6.45, 7) is 1.69. The van der Waals surface area contributed by atoms with E-state index in [2.05, 4.69) is 0 Å². The Morgan fingerprint density at radius 2 is 1.92 bits per heavy atom. The predicted octanol–water partition coefficient (Wildman–Crippen LogP) is 1.33. The molecule has 1 rings (SSSR count). The maximum Gasteiger partial charge on any atom is 0.154 e. The van der Waals surface area contributed by atoms with Gasteiger partial charge in [-0.05, 0) is 18.6 Å². The summed E-state index contributed by atoms with van der Waals surface area (Å²) in [7, 11) is 0. The highest BCUT2D eigenvalue weighted by Gasteiger charge is 2.07. The molecular weight excluding hydrogens is 156 g/mol. The third-order valence-corrected chi connectivity index (χ3v) is 1.71. The van der Waals surface area contributed by atoms with Crippen molar-refractivity contribution >= 4 is 12.6 Å². The minimum atomic E-state index is -0.236. The SMILES string of the molecule is Cc1ccc(C=O)c(O)c1C=O. The predicted molar refractivity (Wildman–Crippen MR) is 43.6 cm³/mol. The molecule has 0 radical (unpaired) electrons. The second-order valence-electron chi connectivity index (χ2n) is 2.47. The number of aryl methyl sites for hydroxylation is 1. The lowest BCUT2D eigenvalue weighted by molar-refractivity contribution is 0.112. The monoisotopic (exact) mass is 164 g/mol. The molecule has 3 nitrogen and oxygen atoms in total. The van der Waals surface area contributed by atoms with Crippen LogP contribution >= 0.6 is 0 Å². The van der Waals surface area contributed by atoms with Crippen LogP contribution < -0.4 is 0 Å². The van der Waals surface area contributed by atoms with Crippen molar-refractivity contribution in [1.29, 1.82) is 0 Å². The summed E-state index contributed by atoms with van der Waals surface area (Å²) >= 11 is 0. The second kappa shape index (κ2) is 3.17. The Morgan fingerprint density at radius 1 is 1.25 bits per heavy atom. The van der Waals surface area contributed by atoms with E-state index >= 15 is 0 Å². The molecule has 0 atom stereocenters. The van der Waals surface area contributed by atoms with Gasteiger partial charge in [0.15, 0.2) is 12.6 Å². The average Bonchev–Trinajstić information content (AvgIpc) is 2.06. The van der Waals surface area contributed by atoms with E-state index in [-0.39, 0.29) is 16.9 Å². The van der Waals surface area contributed by atoms with Gasteiger partial charge < -0.3 is 5.11 Å². The topological polar surface area (TPSA) is 54.4 Å². The van der Waals surface area contributed by atoms with Gasteiger partial charge in [-0.2, -0.15) is 0 Å². The molecule has 0 amide bonds. The molecule has 0 heterocycles. The maximum absolute atomic E-state index is 10.4. The number of hydrogen-bond acceptors (Lipinski definition) is 3. The average molecular weight is 164 g/mol. The van der Waals surface area contributed by atoms with Crippen LogP contribution in [0.2, 0.25) is 0 Å². The van der Waals surface area contributed by atoms with Crippen LogP contribution in [0.4, 0.5) is 0 Å². The summed E-state index contributed by atoms with van der Waals surface area (Å²) in [6.07, 6.45) is 1.06. The lowest BCUT2D eigenvalue weighted by Gasteiger charge is -2.02. The largest absolute Gasteiger partial charge is 0.506 e. The molecule has 0 aromatic heterocycles. The fourth-order valence-electron chi connectivity index (χ4n) is 0.970. The van der Waals surface area contributed by atoms with Crippen LogP contribution in [0.5, 0.6) is 5.75 Å². The Kier molecular flexibility index (Phi) is 2.24. The molecule has 62 valence electrons. The van der Waals surface area contributed by atoms with E-state index in [1.807, 2.05) is 0 Å². The van der Waals surface area contributed by atoms with E-state index in [0.717, 1.165) is 0 Å². The molecule has 0 aliphatic rings. The first-order valence-electron chi connectivity index (χ1n) is 3.43. The molecular formula is C9H8O3. The van der Waals surface area contributed by atoms with Crippen molar-refractivity contribution in [3.63, 3.8) is 0 Å². The van der Waals surface area contributed by atoms with E-state index in [9.17, 15) is 14.7 Å². The van der Waals surface area contributed by atoms with E-state index < -0.39 is 0 Å². The Bertz CT molecular complexity index is 329. The molecule has 0 spiro atoms. The van der Waals surface area contributed by atoms with Crippen molar-refractivity contribution in [3.05, 3.63) is 28.8 Å². The number of aromatic hydroxyl groups is 1. The highest BCUT2D eigenvalue weighted by atomic mass is 16.3. The van der Waals surface area contributed by atoms with Crippen LogP contribution in [-0.4, -0.2) is 17.7 Å². The molecule has 0 fully saturated rings. The second-order valence-corrected chi connectivity index (χ2v) is 2.47. The fourth-order valence-corrected chi connectivity index (χ4v) is 0.970. The van der Waals surface area contributed by atoms with Crippen LogP contribution in [0.25, 0.3) is 0 Å². The molecule has 0 saturated carbocycles. The van der Waals surface area contributed by atoms with Gasteiger partial charge in [-0.25, -0.2) is 0 Å². The lowest BCUT2D eigenvalue weighted by Crippen LogP contribution is -1.91. The van der Waals surface area contributed by atoms with Crippen LogP contribution in [0, 0.1) is 6.92 Å². The third-order valence-electron chi connectivity index (χ3n) is 1.71. The van der Waals surface area contributed by atoms with Gasteiger partial charge in [-0.3, -0.25) is 9.59 Å². The number of carbonyl (C=O) groups is 2. The maximum atomic E-state index is 10.4. The smallest absolute Gasteiger partial charge is 0.154 e. The van der Waals surface area contributed by atoms with Gasteiger partial charge in [0.25, 0.3) is 0 Å². The van der Waals surface area contributed by atoms with Gasteiger partial charge in [-0.1, -0.05) is 6.07 Å². The van der Waals surface area contributed by atoms with Gasteiger partial charge in [0.1, 0.15) is 5.75 Å². The Morgan fingerprint density at radius 3 is 2.42 bits per heavy atom. The van der Waals surface area contributed by atoms with E-state index in [4.69, 9.17) is 0 Å². The van der Waals surface area contributed by atoms with Crippen LogP contribution in [0.1, 0.15) is 26.3 Å². The number of carbonyl (C=O) groups excluding carboxylic acids is 2. The Balaban J connectivity index is 3.43. The van der Waals surface area contributed by atoms with Crippen molar-refractivity contribution in [2.24, 2.45) is 0 Å². The highest BCUT2D eigenvalue weighted by Crippen LogP contribution is 2.22. The molecule has 0 unspecified atom stereocenters. The molecule has 3 heteroatoms. The van der Waals surface area contributed by atoms with E-state index in [1.54, 1.807) is 13.0 Å². The van der Waals surface area contributed by atoms with Crippen LogP contribution in [0.3, 0.4) is 0 Å². The van der Waals surface area contributed by atoms with Gasteiger partial charge in [0, 0.05) is 0 Å². The zero-order chi connectivity index (χ0) is 9.14. The third kappa shape index (κ3) is 1.21. The molecule has 1 aromatic carbocycles. The number of rotatable bonds is 2. The van der Waals surface area contributed by atoms with Crippen molar-refractivity contribution in [3.8, 4) is 5.75 Å². The first-order valence-corrected chi connectivity index (χ1v) is 3.43. The summed E-state index contributed by atoms with van der Waals surface area (Å²) in [4.78, 5) is 20.8. The minimum absolute atomic E-state index is 0.141. The summed E-state index contributed by atoms with van der Waals surface area (Å²) < 4.78 is 0. The molecule has 0 saturated heterocycles. The Labute approximate surface area is 69.6 Å². The first kappa shape index (κ1) is 8.46. The van der Waals surface area contributed by atoms with Crippen LogP contribution in [-0.2, 0) is 0 Å². The number of phenols is 1. The summed E-state index contributed by atoms with van der Waals surface area (Å²) in [6, 6.07) is 3.10. The number of benzene rings is 1. The summed E-state index contributed by atoms with van der Waals surface area (Å²) in [5.74, 6) is -0.236. The van der Waals surface area contributed by atoms with Crippen molar-refractivity contribution < 1.29 is 14.7 Å². The first-order chi connectivity index (χ1) is 5.70. The zero-order valence-electron chi connectivity index (χ0n) is 6.57. The number of hydrogen-bond donors (Lipinski definition) is 1. The van der Waals surface area contributed by atoms with Crippen molar-refractivity contribution in [2.75, 3.05) is 0 Å². The van der Waals surface area contributed by atoms with Gasteiger partial charge in [0.05, 0.1) is 11.1 Å². The van der Waals surface area contributed by atoms with Crippen molar-refractivity contribution in [1.82, 2.24) is 0 Å². The molecule has 0 aliphatic carbocycles. The highest BCUT2D eigenvalue weighted by molar-refractivity contribution is 5.89. The molecule has 1 N–H and O–H groups in total. The van der Waals surface area contributed by atoms with Gasteiger partial charge in [-0.15, -0.1) is 0 Å². The minimum Gasteiger partial charge on any atom is -0.506 e. The molecule has 0 bridgehead atoms. The number of aldehydes is 2. The normalized spacial score (nSPS) is 9.42. The quantitative estimate of drug-likeness (QED) is 0.671. The van der Waals surface area contributed by atoms with E-state index in [1.165, 1.54) is 6.07 Å².